The third kappa shape index (κ3) is 6.55. The summed E-state index contributed by atoms with van der Waals surface area (Å²) >= 11 is 5.86. The number of carbonyl (C=O) groups is 3. The van der Waals surface area contributed by atoms with Crippen LogP contribution in [0, 0.1) is 0 Å². The van der Waals surface area contributed by atoms with Gasteiger partial charge in [-0.3, -0.25) is 14.4 Å². The Labute approximate surface area is 145 Å². The topological polar surface area (TPSA) is 122 Å². The average Bonchev–Trinajstić information content (AvgIpc) is 2.51. The van der Waals surface area contributed by atoms with Crippen molar-refractivity contribution >= 4 is 29.4 Å². The second-order valence-corrected chi connectivity index (χ2v) is 6.05. The fourth-order valence-electron chi connectivity index (χ4n) is 2.01. The van der Waals surface area contributed by atoms with Crippen LogP contribution >= 0.6 is 11.6 Å². The van der Waals surface area contributed by atoms with Crippen LogP contribution in [0.2, 0.25) is 5.02 Å². The molecule has 7 nitrogen and oxygen atoms in total. The number of aliphatic carboxylic acids is 1. The second kappa shape index (κ2) is 9.24. The maximum atomic E-state index is 12.0. The second-order valence-electron chi connectivity index (χ2n) is 5.61. The lowest BCUT2D eigenvalue weighted by atomic mass is 9.95. The summed E-state index contributed by atoms with van der Waals surface area (Å²) in [4.78, 5) is 34.5. The number of amides is 2. The maximum Gasteiger partial charge on any atom is 0.325 e. The number of benzene rings is 1. The van der Waals surface area contributed by atoms with Crippen molar-refractivity contribution in [1.29, 1.82) is 0 Å². The molecular formula is C16H22ClN3O4. The average molecular weight is 356 g/mol. The molecule has 0 spiro atoms. The first-order chi connectivity index (χ1) is 11.2. The zero-order chi connectivity index (χ0) is 18.3. The molecule has 0 saturated heterocycles. The normalized spacial score (nSPS) is 14.3. The predicted molar refractivity (Wildman–Crippen MR) is 90.7 cm³/mol. The van der Waals surface area contributed by atoms with Crippen molar-refractivity contribution in [3.63, 3.8) is 0 Å². The van der Waals surface area contributed by atoms with Crippen molar-refractivity contribution < 1.29 is 19.5 Å². The summed E-state index contributed by atoms with van der Waals surface area (Å²) in [5, 5.41) is 14.5. The summed E-state index contributed by atoms with van der Waals surface area (Å²) < 4.78 is 0. The summed E-state index contributed by atoms with van der Waals surface area (Å²) in [5.41, 5.74) is 6.31. The molecular weight excluding hydrogens is 334 g/mol. The lowest BCUT2D eigenvalue weighted by Gasteiger charge is -2.19. The number of carboxylic acids is 1. The molecule has 0 radical (unpaired) electrons. The highest BCUT2D eigenvalue weighted by Crippen LogP contribution is 2.21. The molecule has 0 bridgehead atoms. The standard InChI is InChI=1S/C16H22ClN3O4/c1-9(18)15(22)19-8-12(11-3-5-13(17)6-4-11)7-14(21)20-10(2)16(23)24/h3-6,9-10,12H,7-8,18H2,1-2H3,(H,19,22)(H,20,21)(H,23,24). The SMILES string of the molecule is CC(N)C(=O)NCC(CC(=O)NC(C)C(=O)O)c1ccc(Cl)cc1. The van der Waals surface area contributed by atoms with Crippen molar-refractivity contribution in [3.8, 4) is 0 Å². The van der Waals surface area contributed by atoms with Crippen LogP contribution in [-0.4, -0.2) is 41.5 Å². The van der Waals surface area contributed by atoms with Gasteiger partial charge in [-0.05, 0) is 31.5 Å². The van der Waals surface area contributed by atoms with Gasteiger partial charge in [-0.2, -0.15) is 0 Å². The summed E-state index contributed by atoms with van der Waals surface area (Å²) in [6.07, 6.45) is 0.0263. The molecule has 0 aliphatic rings. The smallest absolute Gasteiger partial charge is 0.325 e. The predicted octanol–water partition coefficient (Wildman–Crippen LogP) is 0.866. The first kappa shape index (κ1) is 19.9. The van der Waals surface area contributed by atoms with Gasteiger partial charge in [-0.1, -0.05) is 23.7 Å². The van der Waals surface area contributed by atoms with Crippen LogP contribution in [0.3, 0.4) is 0 Å². The highest BCUT2D eigenvalue weighted by Gasteiger charge is 2.21. The van der Waals surface area contributed by atoms with Gasteiger partial charge in [0.25, 0.3) is 0 Å². The molecule has 1 aromatic carbocycles. The third-order valence-corrected chi connectivity index (χ3v) is 3.71. The van der Waals surface area contributed by atoms with E-state index in [4.69, 9.17) is 22.4 Å². The van der Waals surface area contributed by atoms with Crippen molar-refractivity contribution in [2.75, 3.05) is 6.54 Å². The van der Waals surface area contributed by atoms with Crippen molar-refractivity contribution in [3.05, 3.63) is 34.9 Å². The minimum absolute atomic E-state index is 0.0263. The number of hydrogen-bond donors (Lipinski definition) is 4. The summed E-state index contributed by atoms with van der Waals surface area (Å²) in [6, 6.07) is 5.26. The number of halogens is 1. The summed E-state index contributed by atoms with van der Waals surface area (Å²) in [7, 11) is 0. The van der Waals surface area contributed by atoms with E-state index in [0.29, 0.717) is 5.02 Å². The van der Waals surface area contributed by atoms with Crippen LogP contribution in [0.1, 0.15) is 31.7 Å². The molecule has 0 aliphatic heterocycles. The molecule has 5 N–H and O–H groups in total. The number of nitrogens with two attached hydrogens (primary N) is 1. The van der Waals surface area contributed by atoms with Crippen LogP contribution in [0.15, 0.2) is 24.3 Å². The molecule has 0 aliphatic carbocycles. The highest BCUT2D eigenvalue weighted by atomic mass is 35.5. The zero-order valence-electron chi connectivity index (χ0n) is 13.6. The Kier molecular flexibility index (Phi) is 7.67. The molecule has 8 heteroatoms. The van der Waals surface area contributed by atoms with E-state index in [0.717, 1.165) is 5.56 Å². The van der Waals surface area contributed by atoms with Crippen molar-refractivity contribution in [1.82, 2.24) is 10.6 Å². The molecule has 3 unspecified atom stereocenters. The maximum absolute atomic E-state index is 12.0. The molecule has 3 atom stereocenters. The Morgan fingerprint density at radius 3 is 2.29 bits per heavy atom. The number of hydrogen-bond acceptors (Lipinski definition) is 4. The van der Waals surface area contributed by atoms with Gasteiger partial charge >= 0.3 is 5.97 Å². The zero-order valence-corrected chi connectivity index (χ0v) is 14.3. The van der Waals surface area contributed by atoms with E-state index in [1.54, 1.807) is 31.2 Å². The van der Waals surface area contributed by atoms with E-state index in [1.165, 1.54) is 6.92 Å². The van der Waals surface area contributed by atoms with E-state index in [1.807, 2.05) is 0 Å². The van der Waals surface area contributed by atoms with Crippen molar-refractivity contribution in [2.45, 2.75) is 38.3 Å². The van der Waals surface area contributed by atoms with E-state index < -0.39 is 24.0 Å². The largest absolute Gasteiger partial charge is 0.480 e. The molecule has 0 fully saturated rings. The van der Waals surface area contributed by atoms with E-state index in [2.05, 4.69) is 10.6 Å². The van der Waals surface area contributed by atoms with Gasteiger partial charge in [0, 0.05) is 23.9 Å². The fraction of sp³-hybridized carbons (Fsp3) is 0.438. The Hall–Kier alpha value is -2.12. The summed E-state index contributed by atoms with van der Waals surface area (Å²) in [6.45, 7) is 3.15. The third-order valence-electron chi connectivity index (χ3n) is 3.46. The number of carboxylic acid groups (broad SMARTS) is 1. The van der Waals surface area contributed by atoms with Crippen molar-refractivity contribution in [2.24, 2.45) is 5.73 Å². The molecule has 132 valence electrons. The highest BCUT2D eigenvalue weighted by molar-refractivity contribution is 6.30. The Balaban J connectivity index is 2.80. The molecule has 2 amide bonds. The summed E-state index contributed by atoms with van der Waals surface area (Å²) in [5.74, 6) is -2.18. The molecule has 1 aromatic rings. The van der Waals surface area contributed by atoms with E-state index in [-0.39, 0.29) is 24.8 Å². The molecule has 0 heterocycles. The first-order valence-corrected chi connectivity index (χ1v) is 7.89. The minimum atomic E-state index is -1.11. The van der Waals surface area contributed by atoms with E-state index >= 15 is 0 Å². The Bertz CT molecular complexity index is 589. The molecule has 0 saturated carbocycles. The lowest BCUT2D eigenvalue weighted by Crippen LogP contribution is -2.42. The van der Waals surface area contributed by atoms with E-state index in [9.17, 15) is 14.4 Å². The first-order valence-electron chi connectivity index (χ1n) is 7.51. The van der Waals surface area contributed by atoms with Gasteiger partial charge in [0.1, 0.15) is 6.04 Å². The van der Waals surface area contributed by atoms with Crippen LogP contribution in [0.25, 0.3) is 0 Å². The van der Waals surface area contributed by atoms with Crippen LogP contribution in [0.5, 0.6) is 0 Å². The van der Waals surface area contributed by atoms with Gasteiger partial charge < -0.3 is 21.5 Å². The van der Waals surface area contributed by atoms with Gasteiger partial charge in [-0.25, -0.2) is 0 Å². The monoisotopic (exact) mass is 355 g/mol. The Morgan fingerprint density at radius 1 is 1.21 bits per heavy atom. The number of carbonyl (C=O) groups excluding carboxylic acids is 2. The molecule has 24 heavy (non-hydrogen) atoms. The lowest BCUT2D eigenvalue weighted by molar-refractivity contribution is -0.141. The van der Waals surface area contributed by atoms with Gasteiger partial charge in [-0.15, -0.1) is 0 Å². The molecule has 0 aromatic heterocycles. The molecule has 1 rings (SSSR count). The number of nitrogens with one attached hydrogen (secondary N) is 2. The van der Waals surface area contributed by atoms with Crippen LogP contribution in [-0.2, 0) is 14.4 Å². The Morgan fingerprint density at radius 2 is 1.79 bits per heavy atom. The van der Waals surface area contributed by atoms with Gasteiger partial charge in [0.05, 0.1) is 6.04 Å². The van der Waals surface area contributed by atoms with Crippen LogP contribution < -0.4 is 16.4 Å². The fourth-order valence-corrected chi connectivity index (χ4v) is 2.14. The quantitative estimate of drug-likeness (QED) is 0.551. The van der Waals surface area contributed by atoms with Crippen LogP contribution in [0.4, 0.5) is 0 Å². The number of rotatable bonds is 8. The van der Waals surface area contributed by atoms with Gasteiger partial charge in [0.2, 0.25) is 11.8 Å². The van der Waals surface area contributed by atoms with Gasteiger partial charge in [0.15, 0.2) is 0 Å². The minimum Gasteiger partial charge on any atom is -0.480 e.